The lowest BCUT2D eigenvalue weighted by molar-refractivity contribution is 0.0702. The lowest BCUT2D eigenvalue weighted by atomic mass is 10.1. The van der Waals surface area contributed by atoms with Crippen molar-refractivity contribution in [3.8, 4) is 5.75 Å². The summed E-state index contributed by atoms with van der Waals surface area (Å²) < 4.78 is 5.68. The van der Waals surface area contributed by atoms with Gasteiger partial charge in [-0.2, -0.15) is 0 Å². The Morgan fingerprint density at radius 1 is 1.26 bits per heavy atom. The second-order valence-electron chi connectivity index (χ2n) is 5.31. The molecule has 1 heterocycles. The van der Waals surface area contributed by atoms with Crippen molar-refractivity contribution in [2.24, 2.45) is 0 Å². The monoisotopic (exact) mass is 333 g/mol. The number of hydrogen-bond acceptors (Lipinski definition) is 4. The molecule has 23 heavy (non-hydrogen) atoms. The Labute approximate surface area is 138 Å². The Balaban J connectivity index is 2.21. The van der Waals surface area contributed by atoms with E-state index in [1.807, 2.05) is 32.9 Å². The summed E-state index contributed by atoms with van der Waals surface area (Å²) in [6.45, 7) is 5.86. The van der Waals surface area contributed by atoms with Crippen LogP contribution in [-0.4, -0.2) is 23.1 Å². The van der Waals surface area contributed by atoms with Gasteiger partial charge in [0, 0.05) is 5.56 Å². The van der Waals surface area contributed by atoms with E-state index in [2.05, 4.69) is 5.32 Å². The average molecular weight is 333 g/mol. The summed E-state index contributed by atoms with van der Waals surface area (Å²) in [6.07, 6.45) is 0.811. The maximum atomic E-state index is 12.4. The smallest absolute Gasteiger partial charge is 0.345 e. The van der Waals surface area contributed by atoms with Gasteiger partial charge in [0.15, 0.2) is 0 Å². The number of ether oxygens (including phenoxy) is 1. The number of thiophene rings is 1. The molecule has 1 aromatic heterocycles. The Kier molecular flexibility index (Phi) is 5.39. The van der Waals surface area contributed by atoms with Crippen LogP contribution in [-0.2, 0) is 6.42 Å². The van der Waals surface area contributed by atoms with Gasteiger partial charge in [-0.05, 0) is 56.2 Å². The minimum Gasteiger partial charge on any atom is -0.491 e. The zero-order valence-corrected chi connectivity index (χ0v) is 14.1. The molecule has 0 atom stereocenters. The van der Waals surface area contributed by atoms with Crippen LogP contribution in [0.3, 0.4) is 0 Å². The first-order valence-corrected chi connectivity index (χ1v) is 8.15. The summed E-state index contributed by atoms with van der Waals surface area (Å²) in [6, 6.07) is 8.48. The van der Waals surface area contributed by atoms with Gasteiger partial charge in [0.2, 0.25) is 0 Å². The first-order chi connectivity index (χ1) is 10.9. The topological polar surface area (TPSA) is 75.6 Å². The molecule has 0 spiro atoms. The maximum absolute atomic E-state index is 12.4. The van der Waals surface area contributed by atoms with E-state index in [0.29, 0.717) is 16.3 Å². The molecule has 0 aliphatic carbocycles. The third kappa shape index (κ3) is 4.56. The number of nitrogens with one attached hydrogen (secondary N) is 1. The van der Waals surface area contributed by atoms with Crippen LogP contribution in [0.5, 0.6) is 5.75 Å². The molecule has 0 radical (unpaired) electrons. The minimum atomic E-state index is -1.00. The van der Waals surface area contributed by atoms with Crippen LogP contribution in [0.15, 0.2) is 30.3 Å². The summed E-state index contributed by atoms with van der Waals surface area (Å²) in [4.78, 5) is 23.5. The number of carbonyl (C=O) groups is 2. The van der Waals surface area contributed by atoms with E-state index in [1.165, 1.54) is 6.07 Å². The Morgan fingerprint density at radius 2 is 2.00 bits per heavy atom. The number of anilines is 1. The van der Waals surface area contributed by atoms with Crippen molar-refractivity contribution in [3.63, 3.8) is 0 Å². The van der Waals surface area contributed by atoms with Crippen LogP contribution in [0.25, 0.3) is 0 Å². The molecule has 0 aliphatic heterocycles. The molecule has 0 unspecified atom stereocenters. The van der Waals surface area contributed by atoms with E-state index in [4.69, 9.17) is 9.84 Å². The number of hydrogen-bond donors (Lipinski definition) is 2. The summed E-state index contributed by atoms with van der Waals surface area (Å²) in [7, 11) is 0. The fraction of sp³-hybridized carbons (Fsp3) is 0.294. The molecular formula is C17H19NO4S. The van der Waals surface area contributed by atoms with Gasteiger partial charge in [-0.15, -0.1) is 11.3 Å². The standard InChI is InChI=1S/C17H19NO4S/c1-4-11-7-12(9-13(8-11)22-10(2)3)16(19)18-15-6-5-14(23-15)17(20)21/h5-10H,4H2,1-3H3,(H,18,19)(H,20,21). The van der Waals surface area contributed by atoms with Crippen molar-refractivity contribution in [1.82, 2.24) is 0 Å². The predicted octanol–water partition coefficient (Wildman–Crippen LogP) is 4.05. The highest BCUT2D eigenvalue weighted by Crippen LogP contribution is 2.24. The van der Waals surface area contributed by atoms with Crippen LogP contribution in [0.1, 0.15) is 46.4 Å². The van der Waals surface area contributed by atoms with Crippen molar-refractivity contribution in [1.29, 1.82) is 0 Å². The Hall–Kier alpha value is -2.34. The highest BCUT2D eigenvalue weighted by atomic mass is 32.1. The van der Waals surface area contributed by atoms with Crippen LogP contribution in [0, 0.1) is 0 Å². The zero-order chi connectivity index (χ0) is 17.0. The molecule has 0 aliphatic rings. The fourth-order valence-electron chi connectivity index (χ4n) is 2.04. The molecule has 0 bridgehead atoms. The van der Waals surface area contributed by atoms with Gasteiger partial charge in [0.05, 0.1) is 11.1 Å². The molecule has 122 valence electrons. The Morgan fingerprint density at radius 3 is 2.57 bits per heavy atom. The highest BCUT2D eigenvalue weighted by molar-refractivity contribution is 7.18. The molecule has 2 aromatic rings. The van der Waals surface area contributed by atoms with Gasteiger partial charge in [-0.1, -0.05) is 6.92 Å². The molecule has 2 rings (SSSR count). The number of aryl methyl sites for hydroxylation is 1. The fourth-order valence-corrected chi connectivity index (χ4v) is 2.78. The van der Waals surface area contributed by atoms with Crippen LogP contribution in [0.4, 0.5) is 5.00 Å². The number of carboxylic acid groups (broad SMARTS) is 1. The van der Waals surface area contributed by atoms with E-state index in [1.54, 1.807) is 12.1 Å². The number of carbonyl (C=O) groups excluding carboxylic acids is 1. The largest absolute Gasteiger partial charge is 0.491 e. The van der Waals surface area contributed by atoms with Crippen LogP contribution in [0.2, 0.25) is 0 Å². The van der Waals surface area contributed by atoms with Crippen molar-refractivity contribution in [2.75, 3.05) is 5.32 Å². The lowest BCUT2D eigenvalue weighted by Crippen LogP contribution is -2.12. The highest BCUT2D eigenvalue weighted by Gasteiger charge is 2.13. The molecule has 6 heteroatoms. The lowest BCUT2D eigenvalue weighted by Gasteiger charge is -2.13. The number of benzene rings is 1. The second-order valence-corrected chi connectivity index (χ2v) is 6.39. The minimum absolute atomic E-state index is 0.0217. The van der Waals surface area contributed by atoms with E-state index >= 15 is 0 Å². The third-order valence-electron chi connectivity index (χ3n) is 3.06. The third-order valence-corrected chi connectivity index (χ3v) is 4.05. The van der Waals surface area contributed by atoms with Crippen LogP contribution < -0.4 is 10.1 Å². The van der Waals surface area contributed by atoms with Gasteiger partial charge in [-0.25, -0.2) is 4.79 Å². The molecule has 5 nitrogen and oxygen atoms in total. The number of amides is 1. The molecular weight excluding hydrogens is 314 g/mol. The predicted molar refractivity (Wildman–Crippen MR) is 90.8 cm³/mol. The SMILES string of the molecule is CCc1cc(OC(C)C)cc(C(=O)Nc2ccc(C(=O)O)s2)c1. The van der Waals surface area contributed by atoms with Gasteiger partial charge < -0.3 is 15.2 Å². The van der Waals surface area contributed by atoms with Crippen LogP contribution >= 0.6 is 11.3 Å². The zero-order valence-electron chi connectivity index (χ0n) is 13.3. The van der Waals surface area contributed by atoms with Gasteiger partial charge in [0.25, 0.3) is 5.91 Å². The molecule has 0 saturated heterocycles. The molecule has 1 aromatic carbocycles. The van der Waals surface area contributed by atoms with E-state index in [0.717, 1.165) is 23.3 Å². The summed E-state index contributed by atoms with van der Waals surface area (Å²) >= 11 is 1.03. The Bertz CT molecular complexity index is 721. The van der Waals surface area contributed by atoms with Crippen molar-refractivity contribution < 1.29 is 19.4 Å². The molecule has 0 saturated carbocycles. The second kappa shape index (κ2) is 7.28. The first-order valence-electron chi connectivity index (χ1n) is 7.34. The van der Waals surface area contributed by atoms with Gasteiger partial charge >= 0.3 is 5.97 Å². The number of aromatic carboxylic acids is 1. The van der Waals surface area contributed by atoms with Crippen molar-refractivity contribution in [2.45, 2.75) is 33.3 Å². The quantitative estimate of drug-likeness (QED) is 0.836. The van der Waals surface area contributed by atoms with E-state index in [-0.39, 0.29) is 16.9 Å². The van der Waals surface area contributed by atoms with Crippen molar-refractivity contribution >= 4 is 28.2 Å². The van der Waals surface area contributed by atoms with Crippen molar-refractivity contribution in [3.05, 3.63) is 46.3 Å². The molecule has 1 amide bonds. The summed E-state index contributed by atoms with van der Waals surface area (Å²) in [5.41, 5.74) is 1.50. The average Bonchev–Trinajstić information content (AvgIpc) is 2.94. The molecule has 2 N–H and O–H groups in total. The van der Waals surface area contributed by atoms with Gasteiger partial charge in [0.1, 0.15) is 10.6 Å². The maximum Gasteiger partial charge on any atom is 0.345 e. The summed E-state index contributed by atoms with van der Waals surface area (Å²) in [5, 5.41) is 12.1. The van der Waals surface area contributed by atoms with E-state index < -0.39 is 5.97 Å². The number of carboxylic acids is 1. The van der Waals surface area contributed by atoms with E-state index in [9.17, 15) is 9.59 Å². The molecule has 0 fully saturated rings. The normalized spacial score (nSPS) is 10.6. The summed E-state index contributed by atoms with van der Waals surface area (Å²) in [5.74, 6) is -0.634. The number of rotatable bonds is 6. The first kappa shape index (κ1) is 17.0. The van der Waals surface area contributed by atoms with Gasteiger partial charge in [-0.3, -0.25) is 4.79 Å².